The highest BCUT2D eigenvalue weighted by Crippen LogP contribution is 2.27. The van der Waals surface area contributed by atoms with Gasteiger partial charge in [-0.2, -0.15) is 0 Å². The van der Waals surface area contributed by atoms with Crippen LogP contribution < -0.4 is 0 Å². The molecule has 1 aromatic rings. The number of aryl methyl sites for hydroxylation is 1. The third-order valence-corrected chi connectivity index (χ3v) is 3.70. The Morgan fingerprint density at radius 2 is 2.45 bits per heavy atom. The summed E-state index contributed by atoms with van der Waals surface area (Å²) in [6.45, 7) is 1.84. The van der Waals surface area contributed by atoms with Crippen molar-refractivity contribution in [3.8, 4) is 0 Å². The fraction of sp³-hybridized carbons (Fsp3) is 0.333. The molecule has 1 heterocycles. The van der Waals surface area contributed by atoms with Crippen LogP contribution in [0.3, 0.4) is 0 Å². The van der Waals surface area contributed by atoms with Crippen molar-refractivity contribution < 1.29 is 4.92 Å². The molecule has 1 rings (SSSR count). The van der Waals surface area contributed by atoms with Crippen LogP contribution >= 0.6 is 27.3 Å². The molecule has 1 aromatic heterocycles. The third kappa shape index (κ3) is 2.00. The molecular formula is C6H6BrNO2S. The molecule has 5 heteroatoms. The fourth-order valence-corrected chi connectivity index (χ4v) is 2.26. The van der Waals surface area contributed by atoms with Gasteiger partial charge >= 0.3 is 0 Å². The molecule has 0 N–H and O–H groups in total. The van der Waals surface area contributed by atoms with Crippen molar-refractivity contribution in [2.45, 2.75) is 13.5 Å². The number of thiophene rings is 1. The second kappa shape index (κ2) is 3.32. The van der Waals surface area contributed by atoms with E-state index < -0.39 is 0 Å². The Morgan fingerprint density at radius 3 is 2.82 bits per heavy atom. The molecule has 0 aliphatic heterocycles. The van der Waals surface area contributed by atoms with Gasteiger partial charge in [0.05, 0.1) is 4.88 Å². The molecule has 0 aromatic carbocycles. The first kappa shape index (κ1) is 8.67. The molecule has 11 heavy (non-hydrogen) atoms. The molecule has 3 nitrogen and oxygen atoms in total. The third-order valence-electron chi connectivity index (χ3n) is 1.24. The summed E-state index contributed by atoms with van der Waals surface area (Å²) < 4.78 is 0.874. The van der Waals surface area contributed by atoms with Gasteiger partial charge in [-0.25, -0.2) is 0 Å². The molecule has 0 bridgehead atoms. The molecule has 0 saturated carbocycles. The maximum absolute atomic E-state index is 10.1. The standard InChI is InChI=1S/C6H6BrNO2S/c1-4-3-11-5(6(4)7)2-8(9)10/h3H,2H2,1H3. The maximum Gasteiger partial charge on any atom is 0.239 e. The van der Waals surface area contributed by atoms with Crippen molar-refractivity contribution >= 4 is 27.3 Å². The van der Waals surface area contributed by atoms with E-state index in [-0.39, 0.29) is 11.5 Å². The summed E-state index contributed by atoms with van der Waals surface area (Å²) in [6.07, 6.45) is 0. The topological polar surface area (TPSA) is 43.1 Å². The van der Waals surface area contributed by atoms with E-state index in [9.17, 15) is 10.1 Å². The lowest BCUT2D eigenvalue weighted by molar-refractivity contribution is -0.496. The van der Waals surface area contributed by atoms with Gasteiger partial charge in [0, 0.05) is 9.40 Å². The second-order valence-electron chi connectivity index (χ2n) is 2.15. The SMILES string of the molecule is Cc1csc(C[N+](=O)[O-])c1Br. The number of hydrogen-bond acceptors (Lipinski definition) is 3. The molecule has 0 atom stereocenters. The van der Waals surface area contributed by atoms with Crippen LogP contribution in [0.2, 0.25) is 0 Å². The van der Waals surface area contributed by atoms with Crippen molar-refractivity contribution in [1.29, 1.82) is 0 Å². The minimum absolute atomic E-state index is 0.0842. The summed E-state index contributed by atoms with van der Waals surface area (Å²) in [4.78, 5) is 10.6. The van der Waals surface area contributed by atoms with Crippen LogP contribution in [-0.2, 0) is 6.54 Å². The van der Waals surface area contributed by atoms with Gasteiger partial charge in [0.2, 0.25) is 6.54 Å². The molecule has 0 fully saturated rings. The van der Waals surface area contributed by atoms with Crippen LogP contribution in [0.15, 0.2) is 9.85 Å². The Labute approximate surface area is 76.3 Å². The fourth-order valence-electron chi connectivity index (χ4n) is 0.707. The Balaban J connectivity index is 2.87. The predicted molar refractivity (Wildman–Crippen MR) is 47.5 cm³/mol. The minimum atomic E-state index is -0.323. The van der Waals surface area contributed by atoms with Crippen molar-refractivity contribution in [3.05, 3.63) is 30.4 Å². The van der Waals surface area contributed by atoms with Crippen molar-refractivity contribution in [3.63, 3.8) is 0 Å². The lowest BCUT2D eigenvalue weighted by Gasteiger charge is -1.90. The van der Waals surface area contributed by atoms with Gasteiger partial charge in [0.25, 0.3) is 0 Å². The van der Waals surface area contributed by atoms with Crippen LogP contribution in [0.5, 0.6) is 0 Å². The van der Waals surface area contributed by atoms with E-state index in [1.807, 2.05) is 12.3 Å². The van der Waals surface area contributed by atoms with Crippen molar-refractivity contribution in [2.24, 2.45) is 0 Å². The number of hydrogen-bond donors (Lipinski definition) is 0. The van der Waals surface area contributed by atoms with E-state index >= 15 is 0 Å². The van der Waals surface area contributed by atoms with E-state index in [1.54, 1.807) is 0 Å². The smallest absolute Gasteiger partial charge is 0.239 e. The van der Waals surface area contributed by atoms with Crippen molar-refractivity contribution in [1.82, 2.24) is 0 Å². The highest BCUT2D eigenvalue weighted by molar-refractivity contribution is 9.10. The quantitative estimate of drug-likeness (QED) is 0.585. The monoisotopic (exact) mass is 235 g/mol. The number of nitro groups is 1. The first-order valence-electron chi connectivity index (χ1n) is 2.95. The average molecular weight is 236 g/mol. The van der Waals surface area contributed by atoms with Crippen LogP contribution in [0.4, 0.5) is 0 Å². The minimum Gasteiger partial charge on any atom is -0.264 e. The van der Waals surface area contributed by atoms with Crippen LogP contribution in [-0.4, -0.2) is 4.92 Å². The zero-order valence-electron chi connectivity index (χ0n) is 5.83. The highest BCUT2D eigenvalue weighted by atomic mass is 79.9. The first-order chi connectivity index (χ1) is 5.11. The van der Waals surface area contributed by atoms with Gasteiger partial charge in [0.1, 0.15) is 0 Å². The first-order valence-corrected chi connectivity index (χ1v) is 4.63. The Bertz CT molecular complexity index is 284. The summed E-state index contributed by atoms with van der Waals surface area (Å²) in [5.41, 5.74) is 1.06. The normalized spacial score (nSPS) is 10.0. The summed E-state index contributed by atoms with van der Waals surface area (Å²) >= 11 is 4.70. The summed E-state index contributed by atoms with van der Waals surface area (Å²) in [5, 5.41) is 12.0. The molecule has 0 spiro atoms. The number of rotatable bonds is 2. The van der Waals surface area contributed by atoms with E-state index in [1.165, 1.54) is 11.3 Å². The van der Waals surface area contributed by atoms with E-state index in [4.69, 9.17) is 0 Å². The van der Waals surface area contributed by atoms with Gasteiger partial charge in [-0.1, -0.05) is 0 Å². The molecule has 0 amide bonds. The van der Waals surface area contributed by atoms with Gasteiger partial charge in [0.15, 0.2) is 0 Å². The van der Waals surface area contributed by atoms with Crippen LogP contribution in [0.1, 0.15) is 10.4 Å². The lowest BCUT2D eigenvalue weighted by Crippen LogP contribution is -1.95. The summed E-state index contributed by atoms with van der Waals surface area (Å²) in [7, 11) is 0. The second-order valence-corrected chi connectivity index (χ2v) is 3.90. The molecule has 60 valence electrons. The van der Waals surface area contributed by atoms with Crippen molar-refractivity contribution in [2.75, 3.05) is 0 Å². The molecule has 0 saturated heterocycles. The van der Waals surface area contributed by atoms with E-state index in [2.05, 4.69) is 15.9 Å². The Hall–Kier alpha value is -0.420. The maximum atomic E-state index is 10.1. The number of halogens is 1. The molecule has 0 radical (unpaired) electrons. The molecule has 0 aliphatic carbocycles. The predicted octanol–water partition coefficient (Wildman–Crippen LogP) is 2.60. The highest BCUT2D eigenvalue weighted by Gasteiger charge is 2.10. The number of nitrogens with zero attached hydrogens (tertiary/aromatic N) is 1. The van der Waals surface area contributed by atoms with Crippen LogP contribution in [0, 0.1) is 17.0 Å². The van der Waals surface area contributed by atoms with E-state index in [0.29, 0.717) is 0 Å². The zero-order chi connectivity index (χ0) is 8.43. The van der Waals surface area contributed by atoms with Gasteiger partial charge in [-0.15, -0.1) is 11.3 Å². The average Bonchev–Trinajstić information content (AvgIpc) is 2.18. The summed E-state index contributed by atoms with van der Waals surface area (Å²) in [6, 6.07) is 0. The van der Waals surface area contributed by atoms with Gasteiger partial charge in [-0.05, 0) is 33.8 Å². The summed E-state index contributed by atoms with van der Waals surface area (Å²) in [5.74, 6) is 0. The molecule has 0 unspecified atom stereocenters. The Morgan fingerprint density at radius 1 is 1.82 bits per heavy atom. The van der Waals surface area contributed by atoms with Gasteiger partial charge < -0.3 is 0 Å². The molecule has 0 aliphatic rings. The largest absolute Gasteiger partial charge is 0.264 e. The Kier molecular flexibility index (Phi) is 2.62. The molecular weight excluding hydrogens is 230 g/mol. The zero-order valence-corrected chi connectivity index (χ0v) is 8.24. The lowest BCUT2D eigenvalue weighted by atomic mass is 10.3. The van der Waals surface area contributed by atoms with Crippen LogP contribution in [0.25, 0.3) is 0 Å². The van der Waals surface area contributed by atoms with E-state index in [0.717, 1.165) is 14.9 Å². The van der Waals surface area contributed by atoms with Gasteiger partial charge in [-0.3, -0.25) is 10.1 Å².